The molecule has 0 aromatic carbocycles. The van der Waals surface area contributed by atoms with E-state index in [9.17, 15) is 4.79 Å². The van der Waals surface area contributed by atoms with Crippen LogP contribution in [0.4, 0.5) is 10.9 Å². The zero-order chi connectivity index (χ0) is 14.7. The Morgan fingerprint density at radius 3 is 2.90 bits per heavy atom. The van der Waals surface area contributed by atoms with E-state index >= 15 is 0 Å². The summed E-state index contributed by atoms with van der Waals surface area (Å²) in [6.07, 6.45) is 2.08. The van der Waals surface area contributed by atoms with Crippen LogP contribution in [0.5, 0.6) is 0 Å². The summed E-state index contributed by atoms with van der Waals surface area (Å²) < 4.78 is 0. The summed E-state index contributed by atoms with van der Waals surface area (Å²) in [5, 5.41) is 3.93. The molecule has 1 aliphatic heterocycles. The second kappa shape index (κ2) is 6.43. The minimum absolute atomic E-state index is 0.0308. The van der Waals surface area contributed by atoms with Crippen LogP contribution in [-0.4, -0.2) is 35.4 Å². The average molecular weight is 296 g/mol. The van der Waals surface area contributed by atoms with Crippen molar-refractivity contribution in [3.8, 4) is 0 Å². The van der Waals surface area contributed by atoms with Crippen molar-refractivity contribution in [2.75, 3.05) is 30.7 Å². The molecule has 6 heteroatoms. The van der Waals surface area contributed by atoms with Gasteiger partial charge in [-0.3, -0.25) is 4.79 Å². The van der Waals surface area contributed by atoms with Gasteiger partial charge in [-0.1, -0.05) is 32.1 Å². The molecule has 2 heterocycles. The Hall–Kier alpha value is -1.30. The number of nitrogens with zero attached hydrogens (tertiary/aromatic N) is 2. The number of nitrogen functional groups attached to an aromatic ring is 1. The SMILES string of the molecule is CCCNc1nc(N)c(C(=O)N2CCC(C)C(C)C2)s1. The number of anilines is 2. The van der Waals surface area contributed by atoms with Gasteiger partial charge in [0.1, 0.15) is 10.7 Å². The van der Waals surface area contributed by atoms with Crippen LogP contribution in [0.1, 0.15) is 43.3 Å². The molecule has 1 fully saturated rings. The number of likely N-dealkylation sites (tertiary alicyclic amines) is 1. The molecule has 1 amide bonds. The van der Waals surface area contributed by atoms with Gasteiger partial charge in [-0.15, -0.1) is 0 Å². The molecule has 1 aromatic heterocycles. The lowest BCUT2D eigenvalue weighted by molar-refractivity contribution is 0.0633. The molecule has 5 nitrogen and oxygen atoms in total. The highest BCUT2D eigenvalue weighted by Crippen LogP contribution is 2.29. The Morgan fingerprint density at radius 2 is 2.25 bits per heavy atom. The smallest absolute Gasteiger partial charge is 0.267 e. The lowest BCUT2D eigenvalue weighted by atomic mass is 9.88. The van der Waals surface area contributed by atoms with E-state index in [1.165, 1.54) is 11.3 Å². The number of aromatic nitrogens is 1. The number of amides is 1. The number of nitrogens with one attached hydrogen (secondary N) is 1. The molecule has 0 saturated carbocycles. The van der Waals surface area contributed by atoms with Crippen molar-refractivity contribution < 1.29 is 4.79 Å². The van der Waals surface area contributed by atoms with Gasteiger partial charge in [0.15, 0.2) is 5.13 Å². The van der Waals surface area contributed by atoms with Gasteiger partial charge in [0.05, 0.1) is 0 Å². The van der Waals surface area contributed by atoms with Gasteiger partial charge in [-0.2, -0.15) is 0 Å². The molecule has 2 unspecified atom stereocenters. The van der Waals surface area contributed by atoms with Gasteiger partial charge < -0.3 is 16.0 Å². The number of nitrogens with two attached hydrogens (primary N) is 1. The van der Waals surface area contributed by atoms with E-state index in [0.717, 1.165) is 37.6 Å². The third-order valence-corrected chi connectivity index (χ3v) is 5.01. The van der Waals surface area contributed by atoms with Crippen molar-refractivity contribution in [3.63, 3.8) is 0 Å². The molecular weight excluding hydrogens is 272 g/mol. The van der Waals surface area contributed by atoms with E-state index in [2.05, 4.69) is 31.1 Å². The highest BCUT2D eigenvalue weighted by atomic mass is 32.1. The fourth-order valence-corrected chi connectivity index (χ4v) is 3.26. The maximum atomic E-state index is 12.5. The summed E-state index contributed by atoms with van der Waals surface area (Å²) >= 11 is 1.36. The number of rotatable bonds is 4. The fraction of sp³-hybridized carbons (Fsp3) is 0.714. The van der Waals surface area contributed by atoms with Crippen molar-refractivity contribution in [2.45, 2.75) is 33.6 Å². The molecule has 2 rings (SSSR count). The second-order valence-electron chi connectivity index (χ2n) is 5.65. The highest BCUT2D eigenvalue weighted by Gasteiger charge is 2.29. The summed E-state index contributed by atoms with van der Waals surface area (Å²) in [7, 11) is 0. The van der Waals surface area contributed by atoms with Crippen LogP contribution >= 0.6 is 11.3 Å². The minimum Gasteiger partial charge on any atom is -0.382 e. The largest absolute Gasteiger partial charge is 0.382 e. The van der Waals surface area contributed by atoms with Gasteiger partial charge >= 0.3 is 0 Å². The third-order valence-electron chi connectivity index (χ3n) is 4.00. The van der Waals surface area contributed by atoms with Crippen molar-refractivity contribution in [1.29, 1.82) is 0 Å². The molecule has 1 aromatic rings. The molecule has 112 valence electrons. The monoisotopic (exact) mass is 296 g/mol. The summed E-state index contributed by atoms with van der Waals surface area (Å²) in [6.45, 7) is 9.02. The van der Waals surface area contributed by atoms with Gasteiger partial charge in [0.25, 0.3) is 5.91 Å². The quantitative estimate of drug-likeness (QED) is 0.896. The topological polar surface area (TPSA) is 71.2 Å². The number of carbonyl (C=O) groups is 1. The van der Waals surface area contributed by atoms with E-state index in [0.29, 0.717) is 22.5 Å². The summed E-state index contributed by atoms with van der Waals surface area (Å²) in [5.41, 5.74) is 5.89. The van der Waals surface area contributed by atoms with Crippen molar-refractivity contribution >= 4 is 28.2 Å². The van der Waals surface area contributed by atoms with Crippen LogP contribution in [0.25, 0.3) is 0 Å². The standard InChI is InChI=1S/C14H24N4OS/c1-4-6-16-14-17-12(15)11(20-14)13(19)18-7-5-9(2)10(3)8-18/h9-10H,4-8,15H2,1-3H3,(H,16,17). The second-order valence-corrected chi connectivity index (χ2v) is 6.65. The Labute approximate surface area is 124 Å². The van der Waals surface area contributed by atoms with E-state index < -0.39 is 0 Å². The van der Waals surface area contributed by atoms with Crippen LogP contribution in [-0.2, 0) is 0 Å². The Bertz CT molecular complexity index is 474. The zero-order valence-corrected chi connectivity index (χ0v) is 13.3. The molecule has 3 N–H and O–H groups in total. The molecule has 2 atom stereocenters. The first-order valence-corrected chi connectivity index (χ1v) is 8.14. The van der Waals surface area contributed by atoms with Crippen LogP contribution in [0, 0.1) is 11.8 Å². The first kappa shape index (κ1) is 15.1. The fourth-order valence-electron chi connectivity index (χ4n) is 2.38. The number of carbonyl (C=O) groups excluding carboxylic acids is 1. The summed E-state index contributed by atoms with van der Waals surface area (Å²) in [6, 6.07) is 0. The first-order chi connectivity index (χ1) is 9.52. The van der Waals surface area contributed by atoms with E-state index in [1.807, 2.05) is 4.90 Å². The number of thiazole rings is 1. The Balaban J connectivity index is 2.07. The molecule has 0 bridgehead atoms. The first-order valence-electron chi connectivity index (χ1n) is 7.32. The Kier molecular flexibility index (Phi) is 4.86. The molecule has 0 spiro atoms. The molecule has 20 heavy (non-hydrogen) atoms. The maximum absolute atomic E-state index is 12.5. The summed E-state index contributed by atoms with van der Waals surface area (Å²) in [5.74, 6) is 1.60. The van der Waals surface area contributed by atoms with Crippen molar-refractivity contribution in [1.82, 2.24) is 9.88 Å². The highest BCUT2D eigenvalue weighted by molar-refractivity contribution is 7.18. The third kappa shape index (κ3) is 3.23. The predicted molar refractivity (Wildman–Crippen MR) is 84.2 cm³/mol. The van der Waals surface area contributed by atoms with Crippen LogP contribution in [0.3, 0.4) is 0 Å². The number of piperidine rings is 1. The van der Waals surface area contributed by atoms with Gasteiger partial charge in [0, 0.05) is 19.6 Å². The Morgan fingerprint density at radius 1 is 1.50 bits per heavy atom. The molecule has 0 aliphatic carbocycles. The normalized spacial score (nSPS) is 22.9. The number of hydrogen-bond donors (Lipinski definition) is 2. The van der Waals surface area contributed by atoms with Crippen LogP contribution < -0.4 is 11.1 Å². The lowest BCUT2D eigenvalue weighted by Crippen LogP contribution is -2.42. The molecular formula is C14H24N4OS. The van der Waals surface area contributed by atoms with E-state index in [-0.39, 0.29) is 5.91 Å². The average Bonchev–Trinajstić information content (AvgIpc) is 2.80. The molecule has 1 aliphatic rings. The lowest BCUT2D eigenvalue weighted by Gasteiger charge is -2.35. The van der Waals surface area contributed by atoms with Crippen molar-refractivity contribution in [3.05, 3.63) is 4.88 Å². The van der Waals surface area contributed by atoms with Gasteiger partial charge in [0.2, 0.25) is 0 Å². The maximum Gasteiger partial charge on any atom is 0.267 e. The van der Waals surface area contributed by atoms with Crippen LogP contribution in [0.15, 0.2) is 0 Å². The van der Waals surface area contributed by atoms with E-state index in [4.69, 9.17) is 5.73 Å². The predicted octanol–water partition coefficient (Wildman–Crippen LogP) is 2.67. The van der Waals surface area contributed by atoms with Gasteiger partial charge in [-0.25, -0.2) is 4.98 Å². The minimum atomic E-state index is 0.0308. The molecule has 1 saturated heterocycles. The van der Waals surface area contributed by atoms with E-state index in [1.54, 1.807) is 0 Å². The van der Waals surface area contributed by atoms with Crippen LogP contribution in [0.2, 0.25) is 0 Å². The summed E-state index contributed by atoms with van der Waals surface area (Å²) in [4.78, 5) is 19.3. The van der Waals surface area contributed by atoms with Gasteiger partial charge in [-0.05, 0) is 24.7 Å². The van der Waals surface area contributed by atoms with Crippen molar-refractivity contribution in [2.24, 2.45) is 11.8 Å². The molecule has 0 radical (unpaired) electrons. The zero-order valence-electron chi connectivity index (χ0n) is 12.5. The number of hydrogen-bond acceptors (Lipinski definition) is 5.